The number of rotatable bonds is 8. The zero-order valence-corrected chi connectivity index (χ0v) is 13.5. The molecule has 0 aromatic heterocycles. The van der Waals surface area contributed by atoms with Gasteiger partial charge in [-0.05, 0) is 39.0 Å². The molecule has 0 saturated carbocycles. The first-order valence-corrected chi connectivity index (χ1v) is 9.73. The number of ether oxygens (including phenoxy) is 2. The fourth-order valence-corrected chi connectivity index (χ4v) is 2.35. The second-order valence-electron chi connectivity index (χ2n) is 4.80. The van der Waals surface area contributed by atoms with Crippen LogP contribution >= 0.6 is 0 Å². The highest BCUT2D eigenvalue weighted by Gasteiger charge is 2.39. The molecule has 2 atom stereocenters. The smallest absolute Gasteiger partial charge is 0.335 e. The monoisotopic (exact) mass is 303 g/mol. The third kappa shape index (κ3) is 6.55. The van der Waals surface area contributed by atoms with E-state index in [9.17, 15) is 9.59 Å². The zero-order valence-electron chi connectivity index (χ0n) is 12.5. The predicted molar refractivity (Wildman–Crippen MR) is 74.4 cm³/mol. The van der Waals surface area contributed by atoms with Gasteiger partial charge in [-0.3, -0.25) is 4.79 Å². The van der Waals surface area contributed by atoms with Gasteiger partial charge in [0, 0.05) is 4.91 Å². The Kier molecular flexibility index (Phi) is 7.89. The van der Waals surface area contributed by atoms with Crippen LogP contribution in [0, 0.1) is 0 Å². The molecule has 0 spiro atoms. The van der Waals surface area contributed by atoms with Gasteiger partial charge in [0.15, 0.2) is 20.5 Å². The number of hydrogen-bond acceptors (Lipinski definition) is 6. The van der Waals surface area contributed by atoms with Gasteiger partial charge in [0.25, 0.3) is 0 Å². The Morgan fingerprint density at radius 3 is 2.05 bits per heavy atom. The summed E-state index contributed by atoms with van der Waals surface area (Å²) >= 11 is 0. The van der Waals surface area contributed by atoms with Crippen LogP contribution in [0.2, 0.25) is 19.6 Å². The molecule has 0 aliphatic carbocycles. The van der Waals surface area contributed by atoms with Crippen molar-refractivity contribution in [1.29, 1.82) is 0 Å². The Morgan fingerprint density at radius 2 is 1.65 bits per heavy atom. The first-order valence-electron chi connectivity index (χ1n) is 6.32. The zero-order chi connectivity index (χ0) is 15.8. The molecule has 0 aliphatic rings. The van der Waals surface area contributed by atoms with Crippen molar-refractivity contribution in [2.45, 2.75) is 45.6 Å². The molecule has 0 radical (unpaired) electrons. The van der Waals surface area contributed by atoms with Gasteiger partial charge >= 0.3 is 11.9 Å². The van der Waals surface area contributed by atoms with Gasteiger partial charge < -0.3 is 13.9 Å². The lowest BCUT2D eigenvalue weighted by Gasteiger charge is -2.27. The van der Waals surface area contributed by atoms with E-state index in [-0.39, 0.29) is 13.2 Å². The summed E-state index contributed by atoms with van der Waals surface area (Å²) in [5.74, 6) is -1.54. The normalized spacial score (nSPS) is 13.8. The second-order valence-corrected chi connectivity index (χ2v) is 9.27. The van der Waals surface area contributed by atoms with Gasteiger partial charge in [-0.25, -0.2) is 4.79 Å². The van der Waals surface area contributed by atoms with Crippen LogP contribution < -0.4 is 0 Å². The van der Waals surface area contributed by atoms with Crippen molar-refractivity contribution in [1.82, 2.24) is 0 Å². The molecule has 0 amide bonds. The molecule has 0 unspecified atom stereocenters. The third-order valence-corrected chi connectivity index (χ3v) is 2.95. The van der Waals surface area contributed by atoms with Crippen LogP contribution in [0.5, 0.6) is 0 Å². The van der Waals surface area contributed by atoms with Crippen molar-refractivity contribution in [3.63, 3.8) is 0 Å². The van der Waals surface area contributed by atoms with Crippen molar-refractivity contribution in [3.8, 4) is 0 Å². The number of azide groups is 1. The molecule has 0 N–H and O–H groups in total. The minimum atomic E-state index is -2.16. The van der Waals surface area contributed by atoms with Crippen LogP contribution in [0.4, 0.5) is 0 Å². The SMILES string of the molecule is CCOC(=O)[C@@H](O[Si](C)(C)C)[C@@H](N=[N+]=[N-])C(=O)OCC. The van der Waals surface area contributed by atoms with Crippen molar-refractivity contribution < 1.29 is 23.5 Å². The quantitative estimate of drug-likeness (QED) is 0.224. The van der Waals surface area contributed by atoms with Crippen LogP contribution in [-0.2, 0) is 23.5 Å². The van der Waals surface area contributed by atoms with E-state index in [1.165, 1.54) is 0 Å². The summed E-state index contributed by atoms with van der Waals surface area (Å²) in [5.41, 5.74) is 8.57. The first-order chi connectivity index (χ1) is 9.26. The average Bonchev–Trinajstić information content (AvgIpc) is 2.32. The highest BCUT2D eigenvalue weighted by Crippen LogP contribution is 2.16. The van der Waals surface area contributed by atoms with Crippen molar-refractivity contribution >= 4 is 20.3 Å². The van der Waals surface area contributed by atoms with E-state index in [1.54, 1.807) is 13.8 Å². The fourth-order valence-electron chi connectivity index (χ4n) is 1.36. The summed E-state index contributed by atoms with van der Waals surface area (Å²) in [7, 11) is -2.16. The van der Waals surface area contributed by atoms with E-state index < -0.39 is 32.4 Å². The van der Waals surface area contributed by atoms with E-state index in [0.29, 0.717) is 0 Å². The topological polar surface area (TPSA) is 111 Å². The lowest BCUT2D eigenvalue weighted by atomic mass is 10.2. The predicted octanol–water partition coefficient (Wildman–Crippen LogP) is 2.01. The Labute approximate surface area is 119 Å². The lowest BCUT2D eigenvalue weighted by molar-refractivity contribution is -0.160. The van der Waals surface area contributed by atoms with Crippen molar-refractivity contribution in [2.75, 3.05) is 13.2 Å². The lowest BCUT2D eigenvalue weighted by Crippen LogP contribution is -2.47. The summed E-state index contributed by atoms with van der Waals surface area (Å²) in [5, 5.41) is 3.33. The molecule has 0 aromatic rings. The largest absolute Gasteiger partial charge is 0.466 e. The summed E-state index contributed by atoms with van der Waals surface area (Å²) in [4.78, 5) is 26.3. The summed E-state index contributed by atoms with van der Waals surface area (Å²) in [6.45, 7) is 9.03. The van der Waals surface area contributed by atoms with E-state index in [1.807, 2.05) is 19.6 Å². The minimum absolute atomic E-state index is 0.110. The Bertz CT molecular complexity index is 390. The molecule has 20 heavy (non-hydrogen) atoms. The molecule has 0 aromatic carbocycles. The minimum Gasteiger partial charge on any atom is -0.466 e. The molecule has 9 heteroatoms. The van der Waals surface area contributed by atoms with E-state index in [0.717, 1.165) is 0 Å². The van der Waals surface area contributed by atoms with Gasteiger partial charge in [0.1, 0.15) is 0 Å². The summed E-state index contributed by atoms with van der Waals surface area (Å²) < 4.78 is 15.3. The Hall–Kier alpha value is -1.57. The molecule has 0 bridgehead atoms. The molecule has 0 heterocycles. The van der Waals surface area contributed by atoms with Gasteiger partial charge in [0.2, 0.25) is 0 Å². The second kappa shape index (κ2) is 8.57. The molecule has 0 saturated heterocycles. The number of esters is 2. The maximum Gasteiger partial charge on any atom is 0.335 e. The Morgan fingerprint density at radius 1 is 1.15 bits per heavy atom. The van der Waals surface area contributed by atoms with Gasteiger partial charge in [-0.2, -0.15) is 0 Å². The standard InChI is InChI=1S/C11H21N3O5Si/c1-6-17-10(15)8(13-14-12)9(11(16)18-7-2)19-20(3,4)5/h8-9H,6-7H2,1-5H3/t8-,9+/m1/s1. The van der Waals surface area contributed by atoms with Crippen molar-refractivity contribution in [3.05, 3.63) is 10.4 Å². The molecule has 0 aliphatic heterocycles. The first kappa shape index (κ1) is 18.4. The third-order valence-electron chi connectivity index (χ3n) is 1.99. The number of carbonyl (C=O) groups is 2. The van der Waals surface area contributed by atoms with Gasteiger partial charge in [-0.15, -0.1) is 0 Å². The van der Waals surface area contributed by atoms with Crippen molar-refractivity contribution in [2.24, 2.45) is 5.11 Å². The van der Waals surface area contributed by atoms with E-state index >= 15 is 0 Å². The number of carbonyl (C=O) groups excluding carboxylic acids is 2. The summed E-state index contributed by atoms with van der Waals surface area (Å²) in [6.07, 6.45) is -1.28. The van der Waals surface area contributed by atoms with Crippen LogP contribution in [0.3, 0.4) is 0 Å². The highest BCUT2D eigenvalue weighted by atomic mass is 28.4. The molecule has 114 valence electrons. The molecule has 8 nitrogen and oxygen atoms in total. The number of nitrogens with zero attached hydrogens (tertiary/aromatic N) is 3. The fraction of sp³-hybridized carbons (Fsp3) is 0.818. The highest BCUT2D eigenvalue weighted by molar-refractivity contribution is 6.69. The van der Waals surface area contributed by atoms with Crippen LogP contribution in [-0.4, -0.2) is 45.6 Å². The molecular weight excluding hydrogens is 282 g/mol. The van der Waals surface area contributed by atoms with Crippen LogP contribution in [0.1, 0.15) is 13.8 Å². The average molecular weight is 303 g/mol. The molecule has 0 rings (SSSR count). The number of hydrogen-bond donors (Lipinski definition) is 0. The Balaban J connectivity index is 5.34. The van der Waals surface area contributed by atoms with Gasteiger partial charge in [0.05, 0.1) is 13.2 Å². The molecular formula is C11H21N3O5Si. The maximum atomic E-state index is 11.9. The van der Waals surface area contributed by atoms with Crippen LogP contribution in [0.25, 0.3) is 10.4 Å². The summed E-state index contributed by atoms with van der Waals surface area (Å²) in [6, 6.07) is -1.38. The van der Waals surface area contributed by atoms with E-state index in [4.69, 9.17) is 19.4 Å². The molecule has 0 fully saturated rings. The maximum absolute atomic E-state index is 11.9. The van der Waals surface area contributed by atoms with Crippen LogP contribution in [0.15, 0.2) is 5.11 Å². The van der Waals surface area contributed by atoms with E-state index in [2.05, 4.69) is 10.0 Å². The van der Waals surface area contributed by atoms with Gasteiger partial charge in [-0.1, -0.05) is 5.11 Å².